The number of nitrogens with zero attached hydrogens (tertiary/aromatic N) is 3. The quantitative estimate of drug-likeness (QED) is 0.472. The fraction of sp³-hybridized carbons (Fsp3) is 0.357. The van der Waals surface area contributed by atoms with Crippen LogP contribution in [0.15, 0.2) is 64.8 Å². The van der Waals surface area contributed by atoms with Gasteiger partial charge in [0.2, 0.25) is 5.91 Å². The number of anilines is 2. The predicted molar refractivity (Wildman–Crippen MR) is 142 cm³/mol. The van der Waals surface area contributed by atoms with E-state index in [2.05, 4.69) is 4.99 Å². The second-order valence-corrected chi connectivity index (χ2v) is 8.85. The van der Waals surface area contributed by atoms with Crippen molar-refractivity contribution >= 4 is 40.6 Å². The molecule has 4 rings (SSSR count). The van der Waals surface area contributed by atoms with Gasteiger partial charge >= 0.3 is 5.97 Å². The molecule has 2 aliphatic rings. The largest absolute Gasteiger partial charge is 0.497 e. The average molecular weight is 505 g/mol. The van der Waals surface area contributed by atoms with Gasteiger partial charge in [-0.15, -0.1) is 0 Å². The number of aliphatic imine (C=N–C) groups is 1. The molecule has 194 valence electrons. The van der Waals surface area contributed by atoms with Crippen molar-refractivity contribution in [1.82, 2.24) is 0 Å². The Morgan fingerprint density at radius 3 is 2.24 bits per heavy atom. The molecule has 37 heavy (non-hydrogen) atoms. The fourth-order valence-corrected chi connectivity index (χ4v) is 4.51. The van der Waals surface area contributed by atoms with Crippen LogP contribution in [0.5, 0.6) is 5.75 Å². The minimum absolute atomic E-state index is 0.0914. The third-order valence-electron chi connectivity index (χ3n) is 6.50. The summed E-state index contributed by atoms with van der Waals surface area (Å²) in [5.74, 6) is -0.265. The van der Waals surface area contributed by atoms with Gasteiger partial charge in [0.25, 0.3) is 5.91 Å². The molecule has 2 aromatic carbocycles. The lowest BCUT2D eigenvalue weighted by Gasteiger charge is -2.30. The Morgan fingerprint density at radius 1 is 0.919 bits per heavy atom. The van der Waals surface area contributed by atoms with Crippen molar-refractivity contribution in [3.8, 4) is 5.75 Å². The second-order valence-electron chi connectivity index (χ2n) is 8.85. The summed E-state index contributed by atoms with van der Waals surface area (Å²) in [4.78, 5) is 46.6. The molecule has 2 N–H and O–H groups in total. The summed E-state index contributed by atoms with van der Waals surface area (Å²) in [5.41, 5.74) is 8.49. The fourth-order valence-electron chi connectivity index (χ4n) is 4.51. The zero-order chi connectivity index (χ0) is 26.4. The molecule has 0 aliphatic carbocycles. The summed E-state index contributed by atoms with van der Waals surface area (Å²) in [5, 5.41) is 0. The summed E-state index contributed by atoms with van der Waals surface area (Å²) in [6, 6.07) is 14.3. The van der Waals surface area contributed by atoms with Crippen LogP contribution in [0.4, 0.5) is 17.1 Å². The van der Waals surface area contributed by atoms with Gasteiger partial charge in [0, 0.05) is 36.5 Å². The van der Waals surface area contributed by atoms with E-state index in [9.17, 15) is 14.4 Å². The lowest BCUT2D eigenvalue weighted by Crippen LogP contribution is -2.44. The summed E-state index contributed by atoms with van der Waals surface area (Å²) in [6.45, 7) is 2.88. The van der Waals surface area contributed by atoms with Gasteiger partial charge in [-0.1, -0.05) is 6.42 Å². The number of nitrogens with two attached hydrogens (primary N) is 1. The van der Waals surface area contributed by atoms with E-state index in [1.807, 2.05) is 29.2 Å². The molecule has 2 heterocycles. The Hall–Kier alpha value is -4.14. The molecule has 0 aromatic heterocycles. The van der Waals surface area contributed by atoms with Crippen LogP contribution in [-0.4, -0.2) is 50.3 Å². The number of carbonyl (C=O) groups excluding carboxylic acids is 3. The van der Waals surface area contributed by atoms with E-state index in [1.165, 1.54) is 0 Å². The van der Waals surface area contributed by atoms with E-state index in [0.29, 0.717) is 48.6 Å². The Labute approximate surface area is 216 Å². The van der Waals surface area contributed by atoms with Gasteiger partial charge in [-0.25, -0.2) is 9.79 Å². The molecule has 0 unspecified atom stereocenters. The zero-order valence-corrected chi connectivity index (χ0v) is 21.2. The van der Waals surface area contributed by atoms with Crippen LogP contribution in [0.3, 0.4) is 0 Å². The molecule has 0 bridgehead atoms. The molecule has 9 heteroatoms. The predicted octanol–water partition coefficient (Wildman–Crippen LogP) is 3.89. The first-order valence-electron chi connectivity index (χ1n) is 12.5. The third-order valence-corrected chi connectivity index (χ3v) is 6.50. The van der Waals surface area contributed by atoms with Gasteiger partial charge in [0.1, 0.15) is 17.2 Å². The molecule has 0 atom stereocenters. The lowest BCUT2D eigenvalue weighted by atomic mass is 9.97. The third kappa shape index (κ3) is 5.82. The topological polar surface area (TPSA) is 115 Å². The summed E-state index contributed by atoms with van der Waals surface area (Å²) < 4.78 is 10.3. The van der Waals surface area contributed by atoms with Crippen molar-refractivity contribution in [2.45, 2.75) is 39.0 Å². The number of benzene rings is 2. The zero-order valence-electron chi connectivity index (χ0n) is 21.2. The van der Waals surface area contributed by atoms with Crippen molar-refractivity contribution in [2.75, 3.05) is 36.6 Å². The first-order chi connectivity index (χ1) is 17.9. The smallest absolute Gasteiger partial charge is 0.354 e. The number of carbonyl (C=O) groups is 3. The van der Waals surface area contributed by atoms with Crippen LogP contribution in [0.1, 0.15) is 39.0 Å². The van der Waals surface area contributed by atoms with Crippen LogP contribution in [0.25, 0.3) is 0 Å². The standard InChI is InChI=1S/C28H32N4O5/c1-3-37-28(35)25(29)23-16-18-32(27(34)26(23)30-19-8-14-22(36-2)15-9-19)21-12-10-20(11-13-21)31-17-6-4-5-7-24(31)33/h8-15H,3-7,16-18,29H2,1-2H3. The highest BCUT2D eigenvalue weighted by molar-refractivity contribution is 6.51. The Kier molecular flexibility index (Phi) is 8.22. The second kappa shape index (κ2) is 11.7. The summed E-state index contributed by atoms with van der Waals surface area (Å²) in [7, 11) is 1.57. The van der Waals surface area contributed by atoms with E-state index in [-0.39, 0.29) is 29.8 Å². The average Bonchev–Trinajstić information content (AvgIpc) is 3.14. The maximum absolute atomic E-state index is 13.7. The van der Waals surface area contributed by atoms with Crippen molar-refractivity contribution in [3.05, 3.63) is 59.8 Å². The van der Waals surface area contributed by atoms with E-state index in [4.69, 9.17) is 15.2 Å². The number of methoxy groups -OCH3 is 1. The summed E-state index contributed by atoms with van der Waals surface area (Å²) >= 11 is 0. The maximum atomic E-state index is 13.7. The van der Waals surface area contributed by atoms with Gasteiger partial charge in [0.15, 0.2) is 0 Å². The highest BCUT2D eigenvalue weighted by Gasteiger charge is 2.33. The number of piperidine rings is 1. The molecule has 0 spiro atoms. The number of ether oxygens (including phenoxy) is 2. The van der Waals surface area contributed by atoms with E-state index >= 15 is 0 Å². The van der Waals surface area contributed by atoms with E-state index < -0.39 is 5.97 Å². The number of esters is 1. The molecule has 0 radical (unpaired) electrons. The van der Waals surface area contributed by atoms with E-state index in [1.54, 1.807) is 43.2 Å². The first kappa shape index (κ1) is 25.9. The molecular formula is C28H32N4O5. The van der Waals surface area contributed by atoms with Crippen molar-refractivity contribution < 1.29 is 23.9 Å². The van der Waals surface area contributed by atoms with Crippen LogP contribution >= 0.6 is 0 Å². The molecule has 2 aromatic rings. The van der Waals surface area contributed by atoms with Crippen LogP contribution in [-0.2, 0) is 19.1 Å². The molecule has 2 saturated heterocycles. The van der Waals surface area contributed by atoms with Crippen LogP contribution < -0.4 is 20.3 Å². The lowest BCUT2D eigenvalue weighted by molar-refractivity contribution is -0.138. The van der Waals surface area contributed by atoms with E-state index in [0.717, 1.165) is 24.9 Å². The molecule has 2 amide bonds. The van der Waals surface area contributed by atoms with Gasteiger partial charge in [-0.05, 0) is 74.7 Å². The highest BCUT2D eigenvalue weighted by atomic mass is 16.5. The molecule has 2 fully saturated rings. The normalized spacial score (nSPS) is 19.0. The Balaban J connectivity index is 1.66. The van der Waals surface area contributed by atoms with Crippen molar-refractivity contribution in [2.24, 2.45) is 10.7 Å². The SMILES string of the molecule is CCOC(=O)C(N)=C1CCN(c2ccc(N3CCCCCC3=O)cc2)C(=O)C1=Nc1ccc(OC)cc1. The minimum Gasteiger partial charge on any atom is -0.497 e. The molecular weight excluding hydrogens is 472 g/mol. The van der Waals surface area contributed by atoms with Crippen LogP contribution in [0.2, 0.25) is 0 Å². The number of amides is 2. The Morgan fingerprint density at radius 2 is 1.59 bits per heavy atom. The maximum Gasteiger partial charge on any atom is 0.354 e. The van der Waals surface area contributed by atoms with Crippen LogP contribution in [0, 0.1) is 0 Å². The number of rotatable bonds is 6. The van der Waals surface area contributed by atoms with Crippen molar-refractivity contribution in [3.63, 3.8) is 0 Å². The van der Waals surface area contributed by atoms with Gasteiger partial charge in [-0.3, -0.25) is 9.59 Å². The van der Waals surface area contributed by atoms with Gasteiger partial charge < -0.3 is 25.0 Å². The number of hydrogen-bond donors (Lipinski definition) is 1. The first-order valence-corrected chi connectivity index (χ1v) is 12.5. The Bertz CT molecular complexity index is 1220. The molecule has 0 saturated carbocycles. The number of hydrogen-bond acceptors (Lipinski definition) is 7. The summed E-state index contributed by atoms with van der Waals surface area (Å²) in [6.07, 6.45) is 3.81. The monoisotopic (exact) mass is 504 g/mol. The van der Waals surface area contributed by atoms with Crippen molar-refractivity contribution in [1.29, 1.82) is 0 Å². The van der Waals surface area contributed by atoms with Gasteiger partial charge in [-0.2, -0.15) is 0 Å². The van der Waals surface area contributed by atoms with Gasteiger partial charge in [0.05, 0.1) is 19.4 Å². The molecule has 9 nitrogen and oxygen atoms in total. The highest BCUT2D eigenvalue weighted by Crippen LogP contribution is 2.29. The minimum atomic E-state index is -0.673. The molecule has 2 aliphatic heterocycles.